The van der Waals surface area contributed by atoms with Crippen molar-refractivity contribution in [1.82, 2.24) is 15.3 Å². The summed E-state index contributed by atoms with van der Waals surface area (Å²) in [6, 6.07) is 0. The molecular weight excluding hydrogens is 222 g/mol. The number of aromatic nitrogens is 2. The lowest BCUT2D eigenvalue weighted by molar-refractivity contribution is 0.598. The third kappa shape index (κ3) is 3.77. The van der Waals surface area contributed by atoms with Crippen LogP contribution in [0, 0.1) is 13.8 Å². The topological polar surface area (TPSA) is 37.8 Å². The first-order valence-corrected chi connectivity index (χ1v) is 7.03. The molecular formula is C15H27N3. The molecule has 1 heterocycles. The standard InChI is InChI=1S/C15H27N3/c1-7-8-16-9-11(4)14-12(5)17-15(10(2)3)18-13(14)6/h10-11,16H,7-9H2,1-6H3. The molecule has 0 aromatic carbocycles. The van der Waals surface area contributed by atoms with E-state index in [0.29, 0.717) is 11.8 Å². The maximum absolute atomic E-state index is 4.64. The second kappa shape index (κ2) is 6.83. The van der Waals surface area contributed by atoms with Crippen LogP contribution >= 0.6 is 0 Å². The van der Waals surface area contributed by atoms with E-state index in [1.807, 2.05) is 0 Å². The first-order chi connectivity index (χ1) is 8.47. The number of nitrogens with zero attached hydrogens (tertiary/aromatic N) is 2. The second-order valence-electron chi connectivity index (χ2n) is 5.43. The largest absolute Gasteiger partial charge is 0.316 e. The van der Waals surface area contributed by atoms with Crippen LogP contribution in [0.5, 0.6) is 0 Å². The summed E-state index contributed by atoms with van der Waals surface area (Å²) in [5, 5.41) is 3.47. The SMILES string of the molecule is CCCNCC(C)c1c(C)nc(C(C)C)nc1C. The van der Waals surface area contributed by atoms with Crippen LogP contribution in [0.25, 0.3) is 0 Å². The summed E-state index contributed by atoms with van der Waals surface area (Å²) >= 11 is 0. The molecule has 18 heavy (non-hydrogen) atoms. The fraction of sp³-hybridized carbons (Fsp3) is 0.733. The zero-order valence-electron chi connectivity index (χ0n) is 12.7. The van der Waals surface area contributed by atoms with E-state index >= 15 is 0 Å². The third-order valence-electron chi connectivity index (χ3n) is 3.23. The van der Waals surface area contributed by atoms with Crippen LogP contribution in [0.1, 0.15) is 68.7 Å². The van der Waals surface area contributed by atoms with Crippen molar-refractivity contribution in [3.05, 3.63) is 22.8 Å². The molecule has 3 heteroatoms. The minimum absolute atomic E-state index is 0.393. The van der Waals surface area contributed by atoms with Crippen LogP contribution < -0.4 is 5.32 Å². The Morgan fingerprint density at radius 2 is 1.61 bits per heavy atom. The van der Waals surface area contributed by atoms with Crippen LogP contribution in [0.3, 0.4) is 0 Å². The molecule has 0 amide bonds. The van der Waals surface area contributed by atoms with E-state index < -0.39 is 0 Å². The van der Waals surface area contributed by atoms with Crippen molar-refractivity contribution in [3.63, 3.8) is 0 Å². The van der Waals surface area contributed by atoms with Gasteiger partial charge >= 0.3 is 0 Å². The number of nitrogens with one attached hydrogen (secondary N) is 1. The third-order valence-corrected chi connectivity index (χ3v) is 3.23. The molecule has 1 rings (SSSR count). The molecule has 0 bridgehead atoms. The van der Waals surface area contributed by atoms with Gasteiger partial charge in [0.05, 0.1) is 0 Å². The lowest BCUT2D eigenvalue weighted by Crippen LogP contribution is -2.22. The predicted octanol–water partition coefficient (Wildman–Crippen LogP) is 3.32. The van der Waals surface area contributed by atoms with Gasteiger partial charge in [0.2, 0.25) is 0 Å². The van der Waals surface area contributed by atoms with Crippen LogP contribution in [0.15, 0.2) is 0 Å². The first-order valence-electron chi connectivity index (χ1n) is 7.03. The van der Waals surface area contributed by atoms with Gasteiger partial charge in [-0.1, -0.05) is 27.7 Å². The van der Waals surface area contributed by atoms with E-state index in [9.17, 15) is 0 Å². The van der Waals surface area contributed by atoms with E-state index in [4.69, 9.17) is 0 Å². The highest BCUT2D eigenvalue weighted by molar-refractivity contribution is 5.28. The van der Waals surface area contributed by atoms with Crippen molar-refractivity contribution < 1.29 is 0 Å². The molecule has 0 saturated carbocycles. The molecule has 1 atom stereocenters. The molecule has 0 aliphatic heterocycles. The Balaban J connectivity index is 2.88. The van der Waals surface area contributed by atoms with Gasteiger partial charge in [0.25, 0.3) is 0 Å². The van der Waals surface area contributed by atoms with Crippen molar-refractivity contribution in [2.24, 2.45) is 0 Å². The molecule has 0 aliphatic carbocycles. The minimum atomic E-state index is 0.393. The lowest BCUT2D eigenvalue weighted by Gasteiger charge is -2.18. The molecule has 3 nitrogen and oxygen atoms in total. The van der Waals surface area contributed by atoms with Crippen molar-refractivity contribution in [1.29, 1.82) is 0 Å². The van der Waals surface area contributed by atoms with Gasteiger partial charge in [0.1, 0.15) is 5.82 Å². The number of hydrogen-bond acceptors (Lipinski definition) is 3. The number of rotatable bonds is 6. The average Bonchev–Trinajstić information content (AvgIpc) is 2.28. The highest BCUT2D eigenvalue weighted by Gasteiger charge is 2.15. The fourth-order valence-electron chi connectivity index (χ4n) is 2.32. The summed E-state index contributed by atoms with van der Waals surface area (Å²) in [6.07, 6.45) is 1.17. The van der Waals surface area contributed by atoms with E-state index in [1.165, 1.54) is 12.0 Å². The van der Waals surface area contributed by atoms with Gasteiger partial charge in [0, 0.05) is 23.9 Å². The smallest absolute Gasteiger partial charge is 0.131 e. The molecule has 0 fully saturated rings. The molecule has 1 aromatic rings. The fourth-order valence-corrected chi connectivity index (χ4v) is 2.32. The van der Waals surface area contributed by atoms with Gasteiger partial charge in [-0.05, 0) is 38.3 Å². The Bertz CT molecular complexity index is 362. The van der Waals surface area contributed by atoms with E-state index in [-0.39, 0.29) is 0 Å². The Kier molecular flexibility index (Phi) is 5.73. The normalized spacial score (nSPS) is 13.1. The highest BCUT2D eigenvalue weighted by Crippen LogP contribution is 2.22. The molecule has 0 spiro atoms. The maximum Gasteiger partial charge on any atom is 0.131 e. The maximum atomic E-state index is 4.64. The predicted molar refractivity (Wildman–Crippen MR) is 77.2 cm³/mol. The molecule has 1 N–H and O–H groups in total. The van der Waals surface area contributed by atoms with Gasteiger partial charge < -0.3 is 5.32 Å². The summed E-state index contributed by atoms with van der Waals surface area (Å²) in [6.45, 7) is 15.0. The lowest BCUT2D eigenvalue weighted by atomic mass is 9.97. The highest BCUT2D eigenvalue weighted by atomic mass is 14.9. The van der Waals surface area contributed by atoms with Crippen molar-refractivity contribution >= 4 is 0 Å². The van der Waals surface area contributed by atoms with Crippen molar-refractivity contribution in [2.45, 2.75) is 59.8 Å². The van der Waals surface area contributed by atoms with Gasteiger partial charge in [-0.25, -0.2) is 9.97 Å². The van der Waals surface area contributed by atoms with Crippen molar-refractivity contribution in [2.75, 3.05) is 13.1 Å². The molecule has 0 aliphatic rings. The summed E-state index contributed by atoms with van der Waals surface area (Å²) in [5.74, 6) is 1.82. The molecule has 0 radical (unpaired) electrons. The summed E-state index contributed by atoms with van der Waals surface area (Å²) in [4.78, 5) is 9.29. The van der Waals surface area contributed by atoms with Crippen LogP contribution in [0.4, 0.5) is 0 Å². The minimum Gasteiger partial charge on any atom is -0.316 e. The van der Waals surface area contributed by atoms with Gasteiger partial charge in [-0.3, -0.25) is 0 Å². The van der Waals surface area contributed by atoms with Gasteiger partial charge in [-0.2, -0.15) is 0 Å². The van der Waals surface area contributed by atoms with E-state index in [2.05, 4.69) is 56.8 Å². The summed E-state index contributed by atoms with van der Waals surface area (Å²) in [7, 11) is 0. The molecule has 102 valence electrons. The second-order valence-corrected chi connectivity index (χ2v) is 5.43. The van der Waals surface area contributed by atoms with Crippen LogP contribution in [0.2, 0.25) is 0 Å². The number of aryl methyl sites for hydroxylation is 2. The Labute approximate surface area is 111 Å². The Morgan fingerprint density at radius 3 is 2.06 bits per heavy atom. The van der Waals surface area contributed by atoms with E-state index in [1.54, 1.807) is 0 Å². The zero-order chi connectivity index (χ0) is 13.7. The number of hydrogen-bond donors (Lipinski definition) is 1. The summed E-state index contributed by atoms with van der Waals surface area (Å²) < 4.78 is 0. The molecule has 1 unspecified atom stereocenters. The Morgan fingerprint density at radius 1 is 1.06 bits per heavy atom. The molecule has 1 aromatic heterocycles. The van der Waals surface area contributed by atoms with Crippen LogP contribution in [-0.2, 0) is 0 Å². The Hall–Kier alpha value is -0.960. The van der Waals surface area contributed by atoms with Crippen LogP contribution in [-0.4, -0.2) is 23.1 Å². The van der Waals surface area contributed by atoms with Gasteiger partial charge in [-0.15, -0.1) is 0 Å². The monoisotopic (exact) mass is 249 g/mol. The quantitative estimate of drug-likeness (QED) is 0.786. The van der Waals surface area contributed by atoms with Crippen molar-refractivity contribution in [3.8, 4) is 0 Å². The van der Waals surface area contributed by atoms with Gasteiger partial charge in [0.15, 0.2) is 0 Å². The van der Waals surface area contributed by atoms with E-state index in [0.717, 1.165) is 30.3 Å². The average molecular weight is 249 g/mol. The first kappa shape index (κ1) is 15.1. The summed E-state index contributed by atoms with van der Waals surface area (Å²) in [5.41, 5.74) is 3.58. The zero-order valence-corrected chi connectivity index (χ0v) is 12.7. The molecule has 0 saturated heterocycles.